The maximum atomic E-state index is 3.23. The minimum atomic E-state index is 0.963. The molecule has 2 rings (SSSR count). The van der Waals surface area contributed by atoms with Crippen LogP contribution < -0.4 is 5.32 Å². The van der Waals surface area contributed by atoms with Crippen molar-refractivity contribution in [2.24, 2.45) is 5.92 Å². The van der Waals surface area contributed by atoms with Crippen LogP contribution in [0, 0.1) is 5.92 Å². The summed E-state index contributed by atoms with van der Waals surface area (Å²) in [4.78, 5) is 2.83. The lowest BCUT2D eigenvalue weighted by Gasteiger charge is -2.29. The van der Waals surface area contributed by atoms with E-state index in [-0.39, 0.29) is 0 Å². The molecule has 106 valence electrons. The second-order valence-corrected chi connectivity index (χ2v) is 6.31. The van der Waals surface area contributed by atoms with Gasteiger partial charge in [-0.3, -0.25) is 0 Å². The van der Waals surface area contributed by atoms with Gasteiger partial charge in [-0.2, -0.15) is 0 Å². The molecule has 2 nitrogen and oxygen atoms in total. The van der Waals surface area contributed by atoms with E-state index in [1.165, 1.54) is 83.8 Å². The number of rotatable bonds is 8. The van der Waals surface area contributed by atoms with Crippen molar-refractivity contribution in [1.29, 1.82) is 0 Å². The summed E-state index contributed by atoms with van der Waals surface area (Å²) in [6.07, 6.45) is 14.6. The van der Waals surface area contributed by atoms with Gasteiger partial charge in [-0.15, -0.1) is 0 Å². The maximum absolute atomic E-state index is 3.23. The minimum absolute atomic E-state index is 0.963. The first-order valence-corrected chi connectivity index (χ1v) is 8.30. The van der Waals surface area contributed by atoms with E-state index < -0.39 is 0 Å². The third kappa shape index (κ3) is 4.24. The summed E-state index contributed by atoms with van der Waals surface area (Å²) < 4.78 is 0. The molecule has 0 amide bonds. The minimum Gasteiger partial charge on any atom is -0.320 e. The molecule has 1 heterocycles. The van der Waals surface area contributed by atoms with Crippen molar-refractivity contribution in [3.05, 3.63) is 0 Å². The van der Waals surface area contributed by atoms with Crippen LogP contribution >= 0.6 is 0 Å². The molecule has 1 N–H and O–H groups in total. The molecular formula is C16H32N2. The van der Waals surface area contributed by atoms with E-state index in [1.807, 2.05) is 0 Å². The fourth-order valence-electron chi connectivity index (χ4n) is 3.98. The smallest absolute Gasteiger partial charge is 0.0124 e. The van der Waals surface area contributed by atoms with Crippen LogP contribution in [-0.2, 0) is 0 Å². The summed E-state index contributed by atoms with van der Waals surface area (Å²) in [5, 5.41) is 3.23. The zero-order valence-electron chi connectivity index (χ0n) is 12.3. The summed E-state index contributed by atoms with van der Waals surface area (Å²) in [6.45, 7) is 3.95. The Morgan fingerprint density at radius 3 is 2.50 bits per heavy atom. The molecule has 18 heavy (non-hydrogen) atoms. The number of nitrogens with one attached hydrogen (secondary N) is 1. The number of likely N-dealkylation sites (tertiary alicyclic amines) is 1. The van der Waals surface area contributed by atoms with Crippen LogP contribution in [0.5, 0.6) is 0 Å². The van der Waals surface area contributed by atoms with Crippen molar-refractivity contribution < 1.29 is 0 Å². The van der Waals surface area contributed by atoms with E-state index in [2.05, 4.69) is 17.3 Å². The van der Waals surface area contributed by atoms with E-state index in [4.69, 9.17) is 0 Å². The zero-order chi connectivity index (χ0) is 12.6. The highest BCUT2D eigenvalue weighted by Crippen LogP contribution is 2.35. The molecule has 1 unspecified atom stereocenters. The van der Waals surface area contributed by atoms with Gasteiger partial charge in [0.2, 0.25) is 0 Å². The molecule has 2 aliphatic rings. The standard InChI is InChI=1S/C16H32N2/c1-17-12-6-2-3-7-13-18-14-8-11-16(18)15-9-4-5-10-15/h15-17H,2-14H2,1H3. The van der Waals surface area contributed by atoms with Gasteiger partial charge in [0.05, 0.1) is 0 Å². The van der Waals surface area contributed by atoms with Crippen LogP contribution in [0.2, 0.25) is 0 Å². The van der Waals surface area contributed by atoms with Crippen molar-refractivity contribution in [3.8, 4) is 0 Å². The fraction of sp³-hybridized carbons (Fsp3) is 1.00. The Bertz CT molecular complexity index is 211. The lowest BCUT2D eigenvalue weighted by molar-refractivity contribution is 0.187. The van der Waals surface area contributed by atoms with E-state index in [0.29, 0.717) is 0 Å². The van der Waals surface area contributed by atoms with Gasteiger partial charge >= 0.3 is 0 Å². The van der Waals surface area contributed by atoms with E-state index >= 15 is 0 Å². The van der Waals surface area contributed by atoms with Gasteiger partial charge in [-0.1, -0.05) is 25.7 Å². The normalized spacial score (nSPS) is 26.2. The molecule has 0 aromatic carbocycles. The molecule has 0 aromatic rings. The SMILES string of the molecule is CNCCCCCCN1CCCC1C1CCCC1. The zero-order valence-corrected chi connectivity index (χ0v) is 12.3. The molecule has 1 atom stereocenters. The largest absolute Gasteiger partial charge is 0.320 e. The molecular weight excluding hydrogens is 220 g/mol. The van der Waals surface area contributed by atoms with Crippen molar-refractivity contribution in [2.75, 3.05) is 26.7 Å². The van der Waals surface area contributed by atoms with Gasteiger partial charge < -0.3 is 10.2 Å². The highest BCUT2D eigenvalue weighted by molar-refractivity contribution is 4.87. The van der Waals surface area contributed by atoms with Crippen LogP contribution in [0.3, 0.4) is 0 Å². The van der Waals surface area contributed by atoms with Gasteiger partial charge in [0.1, 0.15) is 0 Å². The van der Waals surface area contributed by atoms with E-state index in [0.717, 1.165) is 12.0 Å². The van der Waals surface area contributed by atoms with Crippen molar-refractivity contribution in [3.63, 3.8) is 0 Å². The number of hydrogen-bond acceptors (Lipinski definition) is 2. The van der Waals surface area contributed by atoms with E-state index in [1.54, 1.807) is 0 Å². The second kappa shape index (κ2) is 8.16. The third-order valence-electron chi connectivity index (χ3n) is 4.98. The predicted octanol–water partition coefficient (Wildman–Crippen LogP) is 3.42. The van der Waals surface area contributed by atoms with Crippen LogP contribution in [0.4, 0.5) is 0 Å². The molecule has 0 aromatic heterocycles. The molecule has 0 bridgehead atoms. The first kappa shape index (κ1) is 14.3. The first-order chi connectivity index (χ1) is 8.92. The Hall–Kier alpha value is -0.0800. The molecule has 1 saturated heterocycles. The summed E-state index contributed by atoms with van der Waals surface area (Å²) in [5.74, 6) is 1.05. The lowest BCUT2D eigenvalue weighted by atomic mass is 9.96. The Morgan fingerprint density at radius 2 is 1.72 bits per heavy atom. The number of nitrogens with zero attached hydrogens (tertiary/aromatic N) is 1. The van der Waals surface area contributed by atoms with Crippen LogP contribution in [0.25, 0.3) is 0 Å². The van der Waals surface area contributed by atoms with Crippen LogP contribution in [0.15, 0.2) is 0 Å². The van der Waals surface area contributed by atoms with Gasteiger partial charge in [-0.25, -0.2) is 0 Å². The highest BCUT2D eigenvalue weighted by atomic mass is 15.2. The monoisotopic (exact) mass is 252 g/mol. The Balaban J connectivity index is 1.59. The average Bonchev–Trinajstić information content (AvgIpc) is 3.03. The van der Waals surface area contributed by atoms with E-state index in [9.17, 15) is 0 Å². The lowest BCUT2D eigenvalue weighted by Crippen LogP contribution is -2.35. The fourth-order valence-corrected chi connectivity index (χ4v) is 3.98. The van der Waals surface area contributed by atoms with Gasteiger partial charge in [0, 0.05) is 6.04 Å². The molecule has 1 aliphatic carbocycles. The topological polar surface area (TPSA) is 15.3 Å². The van der Waals surface area contributed by atoms with Crippen molar-refractivity contribution >= 4 is 0 Å². The molecule has 0 spiro atoms. The van der Waals surface area contributed by atoms with Crippen LogP contribution in [0.1, 0.15) is 64.2 Å². The van der Waals surface area contributed by atoms with Gasteiger partial charge in [0.15, 0.2) is 0 Å². The number of hydrogen-bond donors (Lipinski definition) is 1. The summed E-state index contributed by atoms with van der Waals surface area (Å²) in [6, 6.07) is 0.963. The third-order valence-corrected chi connectivity index (χ3v) is 4.98. The summed E-state index contributed by atoms with van der Waals surface area (Å²) >= 11 is 0. The van der Waals surface area contributed by atoms with Crippen LogP contribution in [-0.4, -0.2) is 37.6 Å². The Labute approximate surface area is 114 Å². The Morgan fingerprint density at radius 1 is 0.944 bits per heavy atom. The number of unbranched alkanes of at least 4 members (excludes halogenated alkanes) is 3. The predicted molar refractivity (Wildman–Crippen MR) is 78.9 cm³/mol. The molecule has 0 radical (unpaired) electrons. The second-order valence-electron chi connectivity index (χ2n) is 6.31. The molecule has 2 fully saturated rings. The highest BCUT2D eigenvalue weighted by Gasteiger charge is 2.32. The molecule has 2 heteroatoms. The molecule has 1 aliphatic heterocycles. The quantitative estimate of drug-likeness (QED) is 0.666. The van der Waals surface area contributed by atoms with Gasteiger partial charge in [0.25, 0.3) is 0 Å². The Kier molecular flexibility index (Phi) is 6.50. The average molecular weight is 252 g/mol. The van der Waals surface area contributed by atoms with Crippen molar-refractivity contribution in [1.82, 2.24) is 10.2 Å². The summed E-state index contributed by atoms with van der Waals surface area (Å²) in [5.41, 5.74) is 0. The maximum Gasteiger partial charge on any atom is 0.0124 e. The van der Waals surface area contributed by atoms with Crippen molar-refractivity contribution in [2.45, 2.75) is 70.3 Å². The molecule has 1 saturated carbocycles. The first-order valence-electron chi connectivity index (χ1n) is 8.30. The summed E-state index contributed by atoms with van der Waals surface area (Å²) in [7, 11) is 2.05. The van der Waals surface area contributed by atoms with Gasteiger partial charge in [-0.05, 0) is 71.1 Å².